The van der Waals surface area contributed by atoms with E-state index in [1.54, 1.807) is 6.07 Å². The molecule has 0 aliphatic carbocycles. The molecule has 1 rings (SSSR count). The Bertz CT molecular complexity index is 643. The third-order valence-electron chi connectivity index (χ3n) is 2.54. The van der Waals surface area contributed by atoms with Crippen LogP contribution in [0.4, 0.5) is 5.69 Å². The minimum Gasteiger partial charge on any atom is -0.398 e. The van der Waals surface area contributed by atoms with E-state index in [1.807, 2.05) is 12.1 Å². The summed E-state index contributed by atoms with van der Waals surface area (Å²) in [5.41, 5.74) is 5.85. The van der Waals surface area contributed by atoms with Crippen LogP contribution in [0.2, 0.25) is 0 Å². The summed E-state index contributed by atoms with van der Waals surface area (Å²) in [5.74, 6) is 0. The van der Waals surface area contributed by atoms with E-state index in [-0.39, 0.29) is 36.5 Å². The quantitative estimate of drug-likeness (QED) is 0.781. The zero-order chi connectivity index (χ0) is 15.2. The molecule has 0 saturated heterocycles. The van der Waals surface area contributed by atoms with Gasteiger partial charge >= 0.3 is 0 Å². The van der Waals surface area contributed by atoms with E-state index in [1.165, 1.54) is 12.1 Å². The molecule has 6 nitrogen and oxygen atoms in total. The van der Waals surface area contributed by atoms with Crippen molar-refractivity contribution in [1.29, 1.82) is 10.5 Å². The highest BCUT2D eigenvalue weighted by molar-refractivity contribution is 9.10. The van der Waals surface area contributed by atoms with Crippen LogP contribution in [0.25, 0.3) is 0 Å². The Kier molecular flexibility index (Phi) is 5.96. The van der Waals surface area contributed by atoms with Crippen LogP contribution >= 0.6 is 15.9 Å². The van der Waals surface area contributed by atoms with Crippen molar-refractivity contribution in [2.75, 3.05) is 18.8 Å². The molecular weight excluding hydrogens is 344 g/mol. The van der Waals surface area contributed by atoms with Crippen molar-refractivity contribution in [3.8, 4) is 12.1 Å². The predicted octanol–water partition coefficient (Wildman–Crippen LogP) is 1.85. The number of nitrogen functional groups attached to an aromatic ring is 1. The number of nitriles is 2. The normalized spacial score (nSPS) is 11.0. The fraction of sp³-hybridized carbons (Fsp3) is 0.333. The van der Waals surface area contributed by atoms with Crippen molar-refractivity contribution >= 4 is 31.6 Å². The molecule has 0 atom stereocenters. The smallest absolute Gasteiger partial charge is 0.245 e. The number of nitrogens with zero attached hydrogens (tertiary/aromatic N) is 3. The molecule has 0 spiro atoms. The summed E-state index contributed by atoms with van der Waals surface area (Å²) in [6.07, 6.45) is 0.108. The maximum absolute atomic E-state index is 12.5. The molecule has 0 unspecified atom stereocenters. The number of benzene rings is 1. The van der Waals surface area contributed by atoms with Crippen LogP contribution in [0.5, 0.6) is 0 Å². The van der Waals surface area contributed by atoms with Crippen LogP contribution in [0.3, 0.4) is 0 Å². The fourth-order valence-electron chi connectivity index (χ4n) is 1.57. The Morgan fingerprint density at radius 2 is 1.75 bits per heavy atom. The van der Waals surface area contributed by atoms with Gasteiger partial charge in [-0.3, -0.25) is 0 Å². The lowest BCUT2D eigenvalue weighted by atomic mass is 10.3. The zero-order valence-corrected chi connectivity index (χ0v) is 13.0. The van der Waals surface area contributed by atoms with Gasteiger partial charge in [0, 0.05) is 30.4 Å². The molecule has 106 valence electrons. The molecule has 0 aromatic heterocycles. The first-order chi connectivity index (χ1) is 9.43. The van der Waals surface area contributed by atoms with Crippen molar-refractivity contribution in [3.05, 3.63) is 22.7 Å². The molecular formula is C12H13BrN4O2S. The van der Waals surface area contributed by atoms with Gasteiger partial charge in [0.2, 0.25) is 10.0 Å². The minimum absolute atomic E-state index is 0.0252. The van der Waals surface area contributed by atoms with Crippen LogP contribution in [0, 0.1) is 22.7 Å². The van der Waals surface area contributed by atoms with Crippen molar-refractivity contribution in [2.45, 2.75) is 17.7 Å². The van der Waals surface area contributed by atoms with Crippen molar-refractivity contribution in [3.63, 3.8) is 0 Å². The van der Waals surface area contributed by atoms with Gasteiger partial charge in [-0.05, 0) is 18.2 Å². The summed E-state index contributed by atoms with van der Waals surface area (Å²) in [6, 6.07) is 8.33. The first kappa shape index (κ1) is 16.4. The van der Waals surface area contributed by atoms with E-state index >= 15 is 0 Å². The monoisotopic (exact) mass is 356 g/mol. The maximum Gasteiger partial charge on any atom is 0.245 e. The van der Waals surface area contributed by atoms with Crippen LogP contribution in [-0.4, -0.2) is 25.8 Å². The molecule has 0 bridgehead atoms. The SMILES string of the molecule is N#CCCN(CCC#N)S(=O)(=O)c1cc(Br)ccc1N. The lowest BCUT2D eigenvalue weighted by Gasteiger charge is -2.21. The van der Waals surface area contributed by atoms with Crippen molar-refractivity contribution in [2.24, 2.45) is 0 Å². The first-order valence-corrected chi connectivity index (χ1v) is 7.96. The molecule has 1 aromatic carbocycles. The van der Waals surface area contributed by atoms with Gasteiger partial charge in [-0.1, -0.05) is 15.9 Å². The van der Waals surface area contributed by atoms with Gasteiger partial charge in [0.1, 0.15) is 4.90 Å². The van der Waals surface area contributed by atoms with E-state index in [4.69, 9.17) is 16.3 Å². The first-order valence-electron chi connectivity index (χ1n) is 5.72. The van der Waals surface area contributed by atoms with Gasteiger partial charge in [-0.15, -0.1) is 0 Å². The Labute approximate surface area is 126 Å². The summed E-state index contributed by atoms with van der Waals surface area (Å²) < 4.78 is 26.7. The second-order valence-corrected chi connectivity index (χ2v) is 6.72. The molecule has 8 heteroatoms. The number of halogens is 1. The zero-order valence-electron chi connectivity index (χ0n) is 10.6. The van der Waals surface area contributed by atoms with E-state index < -0.39 is 10.0 Å². The lowest BCUT2D eigenvalue weighted by molar-refractivity contribution is 0.425. The van der Waals surface area contributed by atoms with Crippen LogP contribution in [-0.2, 0) is 10.0 Å². The molecule has 0 aliphatic heterocycles. The average Bonchev–Trinajstić information content (AvgIpc) is 2.41. The van der Waals surface area contributed by atoms with Gasteiger partial charge in [0.05, 0.1) is 17.8 Å². The van der Waals surface area contributed by atoms with E-state index in [9.17, 15) is 8.42 Å². The number of rotatable bonds is 6. The Balaban J connectivity index is 3.18. The number of hydrogen-bond acceptors (Lipinski definition) is 5. The second-order valence-electron chi connectivity index (χ2n) is 3.90. The van der Waals surface area contributed by atoms with Gasteiger partial charge in [0.15, 0.2) is 0 Å². The van der Waals surface area contributed by atoms with E-state index in [0.717, 1.165) is 4.31 Å². The molecule has 0 heterocycles. The van der Waals surface area contributed by atoms with Crippen LogP contribution in [0.15, 0.2) is 27.6 Å². The average molecular weight is 357 g/mol. The number of hydrogen-bond donors (Lipinski definition) is 1. The summed E-state index contributed by atoms with van der Waals surface area (Å²) in [4.78, 5) is -0.0252. The van der Waals surface area contributed by atoms with E-state index in [0.29, 0.717) is 4.47 Å². The predicted molar refractivity (Wildman–Crippen MR) is 77.8 cm³/mol. The summed E-state index contributed by atoms with van der Waals surface area (Å²) >= 11 is 3.20. The third kappa shape index (κ3) is 3.94. The number of anilines is 1. The van der Waals surface area contributed by atoms with Gasteiger partial charge in [0.25, 0.3) is 0 Å². The molecule has 20 heavy (non-hydrogen) atoms. The molecule has 0 aliphatic rings. The number of nitrogens with two attached hydrogens (primary N) is 1. The van der Waals surface area contributed by atoms with Crippen molar-refractivity contribution < 1.29 is 8.42 Å². The minimum atomic E-state index is -3.82. The van der Waals surface area contributed by atoms with Gasteiger partial charge in [-0.2, -0.15) is 14.8 Å². The maximum atomic E-state index is 12.5. The molecule has 2 N–H and O–H groups in total. The van der Waals surface area contributed by atoms with E-state index in [2.05, 4.69) is 15.9 Å². The topological polar surface area (TPSA) is 111 Å². The largest absolute Gasteiger partial charge is 0.398 e. The Morgan fingerprint density at radius 3 is 2.25 bits per heavy atom. The number of sulfonamides is 1. The molecule has 0 fully saturated rings. The Hall–Kier alpha value is -1.61. The second kappa shape index (κ2) is 7.25. The molecule has 0 radical (unpaired) electrons. The Morgan fingerprint density at radius 1 is 1.20 bits per heavy atom. The van der Waals surface area contributed by atoms with Crippen molar-refractivity contribution in [1.82, 2.24) is 4.31 Å². The summed E-state index contributed by atoms with van der Waals surface area (Å²) in [6.45, 7) is 0.0684. The summed E-state index contributed by atoms with van der Waals surface area (Å²) in [7, 11) is -3.82. The highest BCUT2D eigenvalue weighted by Crippen LogP contribution is 2.26. The van der Waals surface area contributed by atoms with Crippen LogP contribution < -0.4 is 5.73 Å². The van der Waals surface area contributed by atoms with Gasteiger partial charge < -0.3 is 5.73 Å². The molecule has 0 saturated carbocycles. The molecule has 1 aromatic rings. The highest BCUT2D eigenvalue weighted by atomic mass is 79.9. The van der Waals surface area contributed by atoms with Crippen LogP contribution in [0.1, 0.15) is 12.8 Å². The standard InChI is InChI=1S/C12H13BrN4O2S/c13-10-3-4-11(16)12(9-10)20(18,19)17(7-1-5-14)8-2-6-15/h3-4,9H,1-2,7-8,16H2. The molecule has 0 amide bonds. The highest BCUT2D eigenvalue weighted by Gasteiger charge is 2.26. The third-order valence-corrected chi connectivity index (χ3v) is 4.99. The van der Waals surface area contributed by atoms with Gasteiger partial charge in [-0.25, -0.2) is 8.42 Å². The fourth-order valence-corrected chi connectivity index (χ4v) is 3.67. The summed E-state index contributed by atoms with van der Waals surface area (Å²) in [5, 5.41) is 17.2. The lowest BCUT2D eigenvalue weighted by Crippen LogP contribution is -2.33.